The van der Waals surface area contributed by atoms with E-state index >= 15 is 0 Å². The van der Waals surface area contributed by atoms with Crippen LogP contribution >= 0.6 is 0 Å². The van der Waals surface area contributed by atoms with Gasteiger partial charge in [-0.1, -0.05) is 27.2 Å². The summed E-state index contributed by atoms with van der Waals surface area (Å²) in [4.78, 5) is 0. The minimum absolute atomic E-state index is 0.0649. The highest BCUT2D eigenvalue weighted by Gasteiger charge is 2.35. The standard InChI is InChI=1S/C12H23F3O/c1-4-9(2)11(7-8-16)6-5-10(3)12(13,14)15/h9-11,16H,4-8H2,1-3H3. The summed E-state index contributed by atoms with van der Waals surface area (Å²) in [6.45, 7) is 5.36. The Hall–Kier alpha value is -0.250. The van der Waals surface area contributed by atoms with Crippen LogP contribution in [0.5, 0.6) is 0 Å². The van der Waals surface area contributed by atoms with Gasteiger partial charge in [-0.15, -0.1) is 0 Å². The third-order valence-electron chi connectivity index (χ3n) is 3.48. The first-order valence-electron chi connectivity index (χ1n) is 6.00. The van der Waals surface area contributed by atoms with E-state index in [-0.39, 0.29) is 18.9 Å². The molecule has 0 spiro atoms. The Morgan fingerprint density at radius 2 is 1.62 bits per heavy atom. The van der Waals surface area contributed by atoms with Gasteiger partial charge in [-0.2, -0.15) is 13.2 Å². The van der Waals surface area contributed by atoms with Gasteiger partial charge in [0.1, 0.15) is 0 Å². The van der Waals surface area contributed by atoms with Gasteiger partial charge in [-0.3, -0.25) is 0 Å². The predicted octanol–water partition coefficient (Wildman–Crippen LogP) is 4.01. The molecule has 98 valence electrons. The summed E-state index contributed by atoms with van der Waals surface area (Å²) in [5.74, 6) is -0.648. The minimum Gasteiger partial charge on any atom is -0.396 e. The fourth-order valence-corrected chi connectivity index (χ4v) is 1.84. The van der Waals surface area contributed by atoms with E-state index in [1.54, 1.807) is 0 Å². The van der Waals surface area contributed by atoms with E-state index in [9.17, 15) is 13.2 Å². The van der Waals surface area contributed by atoms with Crippen LogP contribution in [-0.2, 0) is 0 Å². The van der Waals surface area contributed by atoms with Crippen molar-refractivity contribution in [2.24, 2.45) is 17.8 Å². The van der Waals surface area contributed by atoms with Crippen LogP contribution < -0.4 is 0 Å². The summed E-state index contributed by atoms with van der Waals surface area (Å²) in [5.41, 5.74) is 0. The van der Waals surface area contributed by atoms with E-state index in [0.717, 1.165) is 6.42 Å². The smallest absolute Gasteiger partial charge is 0.391 e. The third-order valence-corrected chi connectivity index (χ3v) is 3.48. The monoisotopic (exact) mass is 240 g/mol. The molecule has 0 aliphatic heterocycles. The van der Waals surface area contributed by atoms with Crippen LogP contribution in [0.3, 0.4) is 0 Å². The van der Waals surface area contributed by atoms with Crippen LogP contribution in [0, 0.1) is 17.8 Å². The number of aliphatic hydroxyl groups is 1. The highest BCUT2D eigenvalue weighted by atomic mass is 19.4. The van der Waals surface area contributed by atoms with E-state index in [1.165, 1.54) is 6.92 Å². The maximum absolute atomic E-state index is 12.3. The second-order valence-corrected chi connectivity index (χ2v) is 4.68. The summed E-state index contributed by atoms with van der Waals surface area (Å²) in [7, 11) is 0. The van der Waals surface area contributed by atoms with E-state index in [1.807, 2.05) is 13.8 Å². The molecule has 0 saturated heterocycles. The molecule has 0 radical (unpaired) electrons. The number of rotatable bonds is 7. The molecular formula is C12H23F3O. The SMILES string of the molecule is CCC(C)C(CCO)CCC(C)C(F)(F)F. The van der Waals surface area contributed by atoms with Gasteiger partial charge >= 0.3 is 6.18 Å². The van der Waals surface area contributed by atoms with Crippen molar-refractivity contribution in [1.29, 1.82) is 0 Å². The molecule has 0 aromatic heterocycles. The average Bonchev–Trinajstić information content (AvgIpc) is 2.21. The largest absolute Gasteiger partial charge is 0.396 e. The van der Waals surface area contributed by atoms with Gasteiger partial charge < -0.3 is 5.11 Å². The average molecular weight is 240 g/mol. The van der Waals surface area contributed by atoms with Gasteiger partial charge in [0.2, 0.25) is 0 Å². The van der Waals surface area contributed by atoms with Crippen LogP contribution in [0.4, 0.5) is 13.2 Å². The van der Waals surface area contributed by atoms with E-state index in [4.69, 9.17) is 5.11 Å². The van der Waals surface area contributed by atoms with Gasteiger partial charge in [-0.05, 0) is 31.1 Å². The highest BCUT2D eigenvalue weighted by molar-refractivity contribution is 4.70. The van der Waals surface area contributed by atoms with Crippen molar-refractivity contribution in [2.45, 2.75) is 52.6 Å². The van der Waals surface area contributed by atoms with Crippen molar-refractivity contribution in [3.05, 3.63) is 0 Å². The van der Waals surface area contributed by atoms with Crippen LogP contribution in [-0.4, -0.2) is 17.9 Å². The normalized spacial score (nSPS) is 18.2. The van der Waals surface area contributed by atoms with Crippen LogP contribution in [0.2, 0.25) is 0 Å². The van der Waals surface area contributed by atoms with Crippen molar-refractivity contribution in [2.75, 3.05) is 6.61 Å². The zero-order valence-electron chi connectivity index (χ0n) is 10.3. The fourth-order valence-electron chi connectivity index (χ4n) is 1.84. The van der Waals surface area contributed by atoms with Gasteiger partial charge in [-0.25, -0.2) is 0 Å². The van der Waals surface area contributed by atoms with Crippen molar-refractivity contribution < 1.29 is 18.3 Å². The summed E-state index contributed by atoms with van der Waals surface area (Å²) in [5, 5.41) is 8.88. The lowest BCUT2D eigenvalue weighted by molar-refractivity contribution is -0.172. The highest BCUT2D eigenvalue weighted by Crippen LogP contribution is 2.32. The minimum atomic E-state index is -4.08. The second-order valence-electron chi connectivity index (χ2n) is 4.68. The molecule has 4 heteroatoms. The van der Waals surface area contributed by atoms with Crippen LogP contribution in [0.25, 0.3) is 0 Å². The van der Waals surface area contributed by atoms with Crippen LogP contribution in [0.1, 0.15) is 46.5 Å². The summed E-state index contributed by atoms with van der Waals surface area (Å²) in [6, 6.07) is 0. The summed E-state index contributed by atoms with van der Waals surface area (Å²) in [6.07, 6.45) is -1.81. The van der Waals surface area contributed by atoms with Crippen molar-refractivity contribution in [3.8, 4) is 0 Å². The molecule has 0 aromatic carbocycles. The van der Waals surface area contributed by atoms with E-state index in [0.29, 0.717) is 18.8 Å². The maximum Gasteiger partial charge on any atom is 0.391 e. The maximum atomic E-state index is 12.3. The molecule has 0 aliphatic rings. The summed E-state index contributed by atoms with van der Waals surface area (Å²) >= 11 is 0. The number of hydrogen-bond donors (Lipinski definition) is 1. The Morgan fingerprint density at radius 1 is 1.06 bits per heavy atom. The van der Waals surface area contributed by atoms with Crippen molar-refractivity contribution in [1.82, 2.24) is 0 Å². The first-order chi connectivity index (χ1) is 7.32. The fraction of sp³-hybridized carbons (Fsp3) is 1.00. The van der Waals surface area contributed by atoms with Gasteiger partial charge in [0.05, 0.1) is 5.92 Å². The first-order valence-corrected chi connectivity index (χ1v) is 6.00. The molecule has 1 nitrogen and oxygen atoms in total. The van der Waals surface area contributed by atoms with Gasteiger partial charge in [0.25, 0.3) is 0 Å². The molecule has 0 rings (SSSR count). The molecule has 0 saturated carbocycles. The number of hydrogen-bond acceptors (Lipinski definition) is 1. The number of aliphatic hydroxyl groups excluding tert-OH is 1. The Balaban J connectivity index is 4.11. The second kappa shape index (κ2) is 7.15. The van der Waals surface area contributed by atoms with Gasteiger partial charge in [0, 0.05) is 6.61 Å². The predicted molar refractivity (Wildman–Crippen MR) is 59.1 cm³/mol. The Bertz CT molecular complexity index is 180. The Kier molecular flexibility index (Phi) is 7.04. The topological polar surface area (TPSA) is 20.2 Å². The first kappa shape index (κ1) is 15.8. The zero-order valence-corrected chi connectivity index (χ0v) is 10.3. The third kappa shape index (κ3) is 5.73. The lowest BCUT2D eigenvalue weighted by Crippen LogP contribution is -2.22. The number of alkyl halides is 3. The summed E-state index contributed by atoms with van der Waals surface area (Å²) < 4.78 is 37.0. The molecule has 0 amide bonds. The molecule has 3 atom stereocenters. The molecule has 1 N–H and O–H groups in total. The molecule has 0 bridgehead atoms. The molecule has 0 aliphatic carbocycles. The molecule has 3 unspecified atom stereocenters. The van der Waals surface area contributed by atoms with Crippen molar-refractivity contribution in [3.63, 3.8) is 0 Å². The van der Waals surface area contributed by atoms with Crippen LogP contribution in [0.15, 0.2) is 0 Å². The Labute approximate surface area is 96.0 Å². The molecule has 0 fully saturated rings. The molecule has 16 heavy (non-hydrogen) atoms. The Morgan fingerprint density at radius 3 is 2.00 bits per heavy atom. The lowest BCUT2D eigenvalue weighted by Gasteiger charge is -2.24. The van der Waals surface area contributed by atoms with E-state index in [2.05, 4.69) is 0 Å². The van der Waals surface area contributed by atoms with Crippen molar-refractivity contribution >= 4 is 0 Å². The molecule has 0 heterocycles. The van der Waals surface area contributed by atoms with E-state index < -0.39 is 12.1 Å². The van der Waals surface area contributed by atoms with Gasteiger partial charge in [0.15, 0.2) is 0 Å². The lowest BCUT2D eigenvalue weighted by atomic mass is 9.83. The molecule has 0 aromatic rings. The quantitative estimate of drug-likeness (QED) is 0.713. The molecular weight excluding hydrogens is 217 g/mol. The zero-order chi connectivity index (χ0) is 12.8. The number of halogens is 3.